The zero-order valence-electron chi connectivity index (χ0n) is 18.5. The lowest BCUT2D eigenvalue weighted by molar-refractivity contribution is -0.0677. The van der Waals surface area contributed by atoms with Crippen LogP contribution in [0.25, 0.3) is 0 Å². The van der Waals surface area contributed by atoms with Crippen molar-refractivity contribution in [3.63, 3.8) is 0 Å². The Labute approximate surface area is 181 Å². The van der Waals surface area contributed by atoms with Crippen LogP contribution < -0.4 is 10.4 Å². The SMILES string of the molecule is COC(/C=C/[C@H](O)[C@@H](CO)O[Si](c1ccccc1)(c1ccccc1)C(C)(C)C)OC. The Morgan fingerprint density at radius 1 is 0.867 bits per heavy atom. The van der Waals surface area contributed by atoms with E-state index in [1.807, 2.05) is 36.4 Å². The zero-order valence-corrected chi connectivity index (χ0v) is 19.5. The van der Waals surface area contributed by atoms with Gasteiger partial charge in [-0.3, -0.25) is 0 Å². The van der Waals surface area contributed by atoms with Gasteiger partial charge in [-0.1, -0.05) is 87.5 Å². The Kier molecular flexibility index (Phi) is 8.97. The van der Waals surface area contributed by atoms with Crippen molar-refractivity contribution in [1.82, 2.24) is 0 Å². The van der Waals surface area contributed by atoms with E-state index in [4.69, 9.17) is 13.9 Å². The number of ether oxygens (including phenoxy) is 2. The largest absolute Gasteiger partial charge is 0.399 e. The average Bonchev–Trinajstić information content (AvgIpc) is 2.75. The van der Waals surface area contributed by atoms with Crippen molar-refractivity contribution in [2.75, 3.05) is 20.8 Å². The summed E-state index contributed by atoms with van der Waals surface area (Å²) in [6.07, 6.45) is 0.761. The Morgan fingerprint density at radius 2 is 1.33 bits per heavy atom. The summed E-state index contributed by atoms with van der Waals surface area (Å²) in [5.74, 6) is 0. The first kappa shape index (κ1) is 24.5. The summed E-state index contributed by atoms with van der Waals surface area (Å²) < 4.78 is 17.1. The molecule has 6 heteroatoms. The standard InChI is InChI=1S/C24H34O5Si/c1-24(2,3)30(19-12-8-6-9-13-19,20-14-10-7-11-15-20)29-22(18-25)21(26)16-17-23(27-4)28-5/h6-17,21-23,25-26H,18H2,1-5H3/b17-16+/t21-,22+/m0/s1. The highest BCUT2D eigenvalue weighted by Gasteiger charge is 2.51. The number of hydrogen-bond donors (Lipinski definition) is 2. The molecule has 2 aromatic rings. The molecule has 0 heterocycles. The number of benzene rings is 2. The monoisotopic (exact) mass is 430 g/mol. The first-order valence-electron chi connectivity index (χ1n) is 10.1. The summed E-state index contributed by atoms with van der Waals surface area (Å²) in [7, 11) is 0.157. The van der Waals surface area contributed by atoms with Crippen LogP contribution >= 0.6 is 0 Å². The van der Waals surface area contributed by atoms with E-state index in [-0.39, 0.29) is 11.6 Å². The van der Waals surface area contributed by atoms with Gasteiger partial charge in [-0.25, -0.2) is 0 Å². The van der Waals surface area contributed by atoms with Crippen LogP contribution in [-0.2, 0) is 13.9 Å². The van der Waals surface area contributed by atoms with Crippen LogP contribution in [0, 0.1) is 0 Å². The molecule has 0 fully saturated rings. The van der Waals surface area contributed by atoms with Gasteiger partial charge < -0.3 is 24.1 Å². The number of aliphatic hydroxyl groups is 2. The number of rotatable bonds is 10. The molecule has 0 unspecified atom stereocenters. The van der Waals surface area contributed by atoms with Gasteiger partial charge in [0.2, 0.25) is 0 Å². The van der Waals surface area contributed by atoms with Gasteiger partial charge in [-0.15, -0.1) is 0 Å². The van der Waals surface area contributed by atoms with Crippen molar-refractivity contribution in [2.45, 2.75) is 44.3 Å². The third kappa shape index (κ3) is 5.46. The van der Waals surface area contributed by atoms with E-state index in [0.29, 0.717) is 0 Å². The molecule has 0 aromatic heterocycles. The summed E-state index contributed by atoms with van der Waals surface area (Å²) in [6, 6.07) is 20.3. The molecule has 5 nitrogen and oxygen atoms in total. The molecular weight excluding hydrogens is 396 g/mol. The fourth-order valence-corrected chi connectivity index (χ4v) is 8.40. The molecular formula is C24H34O5Si. The van der Waals surface area contributed by atoms with E-state index in [0.717, 1.165) is 10.4 Å². The lowest BCUT2D eigenvalue weighted by Gasteiger charge is -2.45. The van der Waals surface area contributed by atoms with E-state index in [1.165, 1.54) is 14.2 Å². The molecule has 30 heavy (non-hydrogen) atoms. The number of methoxy groups -OCH3 is 2. The summed E-state index contributed by atoms with van der Waals surface area (Å²) in [6.45, 7) is 6.14. The Balaban J connectivity index is 2.54. The van der Waals surface area contributed by atoms with Crippen LogP contribution in [0.5, 0.6) is 0 Å². The molecule has 164 valence electrons. The van der Waals surface area contributed by atoms with Gasteiger partial charge in [0.1, 0.15) is 0 Å². The maximum absolute atomic E-state index is 10.8. The van der Waals surface area contributed by atoms with E-state index in [1.54, 1.807) is 12.2 Å². The minimum atomic E-state index is -2.89. The molecule has 2 N–H and O–H groups in total. The summed E-state index contributed by atoms with van der Waals surface area (Å²) in [5, 5.41) is 22.9. The topological polar surface area (TPSA) is 68.2 Å². The van der Waals surface area contributed by atoms with Crippen LogP contribution in [0.15, 0.2) is 72.8 Å². The molecule has 2 aromatic carbocycles. The van der Waals surface area contributed by atoms with Crippen LogP contribution in [0.1, 0.15) is 20.8 Å². The maximum atomic E-state index is 10.8. The van der Waals surface area contributed by atoms with Crippen LogP contribution in [0.3, 0.4) is 0 Å². The van der Waals surface area contributed by atoms with Crippen molar-refractivity contribution in [2.24, 2.45) is 0 Å². The summed E-state index contributed by atoms with van der Waals surface area (Å²) in [5.41, 5.74) is 0. The lowest BCUT2D eigenvalue weighted by atomic mass is 10.2. The van der Waals surface area contributed by atoms with Gasteiger partial charge >= 0.3 is 0 Å². The molecule has 0 saturated carbocycles. The second-order valence-electron chi connectivity index (χ2n) is 8.22. The average molecular weight is 431 g/mol. The Bertz CT molecular complexity index is 730. The van der Waals surface area contributed by atoms with Gasteiger partial charge in [0.05, 0.1) is 18.8 Å². The molecule has 0 spiro atoms. The van der Waals surface area contributed by atoms with Crippen molar-refractivity contribution in [3.8, 4) is 0 Å². The number of hydrogen-bond acceptors (Lipinski definition) is 5. The molecule has 0 aliphatic carbocycles. The van der Waals surface area contributed by atoms with Crippen molar-refractivity contribution in [1.29, 1.82) is 0 Å². The van der Waals surface area contributed by atoms with Crippen LogP contribution in [-0.4, -0.2) is 57.9 Å². The molecule has 0 aliphatic rings. The number of aliphatic hydroxyl groups excluding tert-OH is 2. The molecule has 0 amide bonds. The highest BCUT2D eigenvalue weighted by molar-refractivity contribution is 6.99. The molecule has 0 saturated heterocycles. The predicted molar refractivity (Wildman–Crippen MR) is 123 cm³/mol. The third-order valence-corrected chi connectivity index (χ3v) is 10.3. The molecule has 0 bridgehead atoms. The Hall–Kier alpha value is -1.80. The van der Waals surface area contributed by atoms with Crippen molar-refractivity contribution in [3.05, 3.63) is 72.8 Å². The molecule has 2 atom stereocenters. The second-order valence-corrected chi connectivity index (χ2v) is 12.5. The van der Waals surface area contributed by atoms with E-state index in [2.05, 4.69) is 45.0 Å². The van der Waals surface area contributed by atoms with Gasteiger partial charge in [0.15, 0.2) is 6.29 Å². The van der Waals surface area contributed by atoms with E-state index < -0.39 is 26.8 Å². The Morgan fingerprint density at radius 3 is 1.70 bits per heavy atom. The highest BCUT2D eigenvalue weighted by atomic mass is 28.4. The maximum Gasteiger partial charge on any atom is 0.261 e. The van der Waals surface area contributed by atoms with Crippen molar-refractivity contribution < 1.29 is 24.1 Å². The molecule has 0 radical (unpaired) electrons. The highest BCUT2D eigenvalue weighted by Crippen LogP contribution is 2.37. The minimum absolute atomic E-state index is 0.256. The predicted octanol–water partition coefficient (Wildman–Crippen LogP) is 2.46. The van der Waals surface area contributed by atoms with Gasteiger partial charge in [0.25, 0.3) is 8.32 Å². The van der Waals surface area contributed by atoms with E-state index >= 15 is 0 Å². The van der Waals surface area contributed by atoms with Gasteiger partial charge in [-0.05, 0) is 21.5 Å². The van der Waals surface area contributed by atoms with Crippen LogP contribution in [0.4, 0.5) is 0 Å². The molecule has 0 aliphatic heterocycles. The summed E-state index contributed by atoms with van der Waals surface area (Å²) in [4.78, 5) is 0. The third-order valence-electron chi connectivity index (χ3n) is 5.24. The van der Waals surface area contributed by atoms with Crippen LogP contribution in [0.2, 0.25) is 5.04 Å². The van der Waals surface area contributed by atoms with E-state index in [9.17, 15) is 10.2 Å². The lowest BCUT2D eigenvalue weighted by Crippen LogP contribution is -2.68. The first-order chi connectivity index (χ1) is 14.3. The second kappa shape index (κ2) is 11.0. The first-order valence-corrected chi connectivity index (χ1v) is 12.0. The molecule has 2 rings (SSSR count). The zero-order chi connectivity index (χ0) is 22.2. The normalized spacial score (nSPS) is 14.9. The van der Waals surface area contributed by atoms with Gasteiger partial charge in [-0.2, -0.15) is 0 Å². The summed E-state index contributed by atoms with van der Waals surface area (Å²) >= 11 is 0. The smallest absolute Gasteiger partial charge is 0.261 e. The minimum Gasteiger partial charge on any atom is -0.399 e. The fourth-order valence-electron chi connectivity index (χ4n) is 3.72. The van der Waals surface area contributed by atoms with Gasteiger partial charge in [0, 0.05) is 14.2 Å². The van der Waals surface area contributed by atoms with Crippen molar-refractivity contribution >= 4 is 18.7 Å². The quantitative estimate of drug-likeness (QED) is 0.344. The fraction of sp³-hybridized carbons (Fsp3) is 0.417.